The van der Waals surface area contributed by atoms with Crippen molar-refractivity contribution < 1.29 is 0 Å². The second-order valence-electron chi connectivity index (χ2n) is 4.54. The zero-order valence-electron chi connectivity index (χ0n) is 11.2. The predicted octanol–water partition coefficient (Wildman–Crippen LogP) is 2.03. The largest absolute Gasteiger partial charge is 0.308 e. The Kier molecular flexibility index (Phi) is 3.30. The van der Waals surface area contributed by atoms with Gasteiger partial charge in [0.2, 0.25) is 0 Å². The lowest BCUT2D eigenvalue weighted by atomic mass is 10.2. The number of aryl methyl sites for hydroxylation is 1. The van der Waals surface area contributed by atoms with E-state index >= 15 is 0 Å². The van der Waals surface area contributed by atoms with Gasteiger partial charge in [-0.1, -0.05) is 19.4 Å². The summed E-state index contributed by atoms with van der Waals surface area (Å²) < 4.78 is 1.70. The van der Waals surface area contributed by atoms with Gasteiger partial charge in [-0.05, 0) is 18.6 Å². The number of nitrogen functional groups attached to an aromatic ring is 1. The standard InChI is InChI=1S/C14H16N6/c1-2-5-10-8-14(18-15)20-13(17-10)9-12(19-20)11-6-3-4-7-16-11/h3-4,6-9,18H,2,5,15H2,1H3. The zero-order valence-corrected chi connectivity index (χ0v) is 11.2. The fourth-order valence-corrected chi connectivity index (χ4v) is 2.15. The summed E-state index contributed by atoms with van der Waals surface area (Å²) in [5, 5.41) is 4.50. The van der Waals surface area contributed by atoms with E-state index in [0.29, 0.717) is 0 Å². The molecule has 0 amide bonds. The van der Waals surface area contributed by atoms with Crippen LogP contribution in [0.5, 0.6) is 0 Å². The van der Waals surface area contributed by atoms with Crippen LogP contribution < -0.4 is 11.3 Å². The van der Waals surface area contributed by atoms with Crippen molar-refractivity contribution in [3.8, 4) is 11.4 Å². The van der Waals surface area contributed by atoms with Crippen LogP contribution >= 0.6 is 0 Å². The number of hydrogen-bond acceptors (Lipinski definition) is 5. The summed E-state index contributed by atoms with van der Waals surface area (Å²) >= 11 is 0. The highest BCUT2D eigenvalue weighted by Crippen LogP contribution is 2.20. The zero-order chi connectivity index (χ0) is 13.9. The molecule has 0 radical (unpaired) electrons. The van der Waals surface area contributed by atoms with Crippen LogP contribution in [-0.4, -0.2) is 19.6 Å². The van der Waals surface area contributed by atoms with Crippen LogP contribution in [0.2, 0.25) is 0 Å². The average molecular weight is 268 g/mol. The number of hydrogen-bond donors (Lipinski definition) is 2. The highest BCUT2D eigenvalue weighted by molar-refractivity contribution is 5.62. The van der Waals surface area contributed by atoms with Gasteiger partial charge in [-0.25, -0.2) is 10.8 Å². The van der Waals surface area contributed by atoms with E-state index in [1.54, 1.807) is 10.7 Å². The van der Waals surface area contributed by atoms with Crippen molar-refractivity contribution in [3.63, 3.8) is 0 Å². The molecular weight excluding hydrogens is 252 g/mol. The molecule has 0 aromatic carbocycles. The first-order valence-electron chi connectivity index (χ1n) is 6.59. The van der Waals surface area contributed by atoms with Crippen LogP contribution in [0, 0.1) is 0 Å². The van der Waals surface area contributed by atoms with Crippen molar-refractivity contribution in [3.05, 3.63) is 42.2 Å². The van der Waals surface area contributed by atoms with Gasteiger partial charge in [-0.15, -0.1) is 0 Å². The van der Waals surface area contributed by atoms with E-state index in [1.807, 2.05) is 30.3 Å². The Morgan fingerprint density at radius 2 is 2.15 bits per heavy atom. The van der Waals surface area contributed by atoms with Crippen LogP contribution in [-0.2, 0) is 6.42 Å². The second kappa shape index (κ2) is 5.26. The molecule has 0 unspecified atom stereocenters. The van der Waals surface area contributed by atoms with Gasteiger partial charge in [0.05, 0.1) is 5.69 Å². The molecule has 6 nitrogen and oxygen atoms in total. The molecular formula is C14H16N6. The van der Waals surface area contributed by atoms with E-state index in [9.17, 15) is 0 Å². The summed E-state index contributed by atoms with van der Waals surface area (Å²) in [5.74, 6) is 6.30. The van der Waals surface area contributed by atoms with Crippen LogP contribution in [0.15, 0.2) is 36.5 Å². The molecule has 0 aliphatic rings. The van der Waals surface area contributed by atoms with Crippen molar-refractivity contribution in [1.82, 2.24) is 19.6 Å². The number of pyridine rings is 1. The first kappa shape index (κ1) is 12.6. The third-order valence-corrected chi connectivity index (χ3v) is 3.06. The molecule has 102 valence electrons. The third-order valence-electron chi connectivity index (χ3n) is 3.06. The number of anilines is 1. The van der Waals surface area contributed by atoms with Crippen molar-refractivity contribution >= 4 is 11.5 Å². The van der Waals surface area contributed by atoms with Crippen LogP contribution in [0.3, 0.4) is 0 Å². The number of nitrogens with zero attached hydrogens (tertiary/aromatic N) is 4. The Hall–Kier alpha value is -2.47. The van der Waals surface area contributed by atoms with Gasteiger partial charge < -0.3 is 5.43 Å². The molecule has 3 N–H and O–H groups in total. The average Bonchev–Trinajstić information content (AvgIpc) is 2.91. The molecule has 0 saturated carbocycles. The summed E-state index contributed by atoms with van der Waals surface area (Å²) in [4.78, 5) is 8.90. The first-order chi connectivity index (χ1) is 9.81. The van der Waals surface area contributed by atoms with Gasteiger partial charge >= 0.3 is 0 Å². The Labute approximate surface area is 116 Å². The van der Waals surface area contributed by atoms with Gasteiger partial charge in [0, 0.05) is 24.0 Å². The highest BCUT2D eigenvalue weighted by atomic mass is 15.4. The summed E-state index contributed by atoms with van der Waals surface area (Å²) in [6, 6.07) is 9.58. The summed E-state index contributed by atoms with van der Waals surface area (Å²) in [7, 11) is 0. The molecule has 6 heteroatoms. The fraction of sp³-hybridized carbons (Fsp3) is 0.214. The maximum Gasteiger partial charge on any atom is 0.158 e. The lowest BCUT2D eigenvalue weighted by molar-refractivity contribution is 0.859. The number of rotatable bonds is 4. The minimum absolute atomic E-state index is 0.723. The van der Waals surface area contributed by atoms with Crippen molar-refractivity contribution in [2.24, 2.45) is 5.84 Å². The molecule has 0 bridgehead atoms. The number of fused-ring (bicyclic) bond motifs is 1. The van der Waals surface area contributed by atoms with Crippen molar-refractivity contribution in [1.29, 1.82) is 0 Å². The minimum atomic E-state index is 0.723. The van der Waals surface area contributed by atoms with E-state index < -0.39 is 0 Å². The van der Waals surface area contributed by atoms with Gasteiger partial charge in [-0.3, -0.25) is 4.98 Å². The normalized spacial score (nSPS) is 10.9. The first-order valence-corrected chi connectivity index (χ1v) is 6.59. The Balaban J connectivity index is 2.14. The molecule has 0 aliphatic carbocycles. The van der Waals surface area contributed by atoms with Crippen LogP contribution in [0.1, 0.15) is 19.0 Å². The molecule has 3 rings (SSSR count). The molecule has 3 aromatic heterocycles. The minimum Gasteiger partial charge on any atom is -0.308 e. The smallest absolute Gasteiger partial charge is 0.158 e. The number of hydrazine groups is 1. The predicted molar refractivity (Wildman–Crippen MR) is 78.0 cm³/mol. The van der Waals surface area contributed by atoms with E-state index in [-0.39, 0.29) is 0 Å². The molecule has 0 saturated heterocycles. The maximum atomic E-state index is 5.57. The van der Waals surface area contributed by atoms with Gasteiger partial charge in [-0.2, -0.15) is 9.61 Å². The molecule has 3 heterocycles. The Morgan fingerprint density at radius 1 is 1.25 bits per heavy atom. The lowest BCUT2D eigenvalue weighted by Crippen LogP contribution is -2.13. The molecule has 0 fully saturated rings. The third kappa shape index (κ3) is 2.21. The monoisotopic (exact) mass is 268 g/mol. The molecule has 20 heavy (non-hydrogen) atoms. The molecule has 0 aliphatic heterocycles. The summed E-state index contributed by atoms with van der Waals surface area (Å²) in [6.45, 7) is 2.12. The summed E-state index contributed by atoms with van der Waals surface area (Å²) in [6.07, 6.45) is 3.70. The topological polar surface area (TPSA) is 81.1 Å². The molecule has 3 aromatic rings. The van der Waals surface area contributed by atoms with E-state index in [4.69, 9.17) is 5.84 Å². The van der Waals surface area contributed by atoms with Gasteiger partial charge in [0.15, 0.2) is 5.65 Å². The Bertz CT molecular complexity index is 719. The maximum absolute atomic E-state index is 5.57. The van der Waals surface area contributed by atoms with E-state index in [0.717, 1.165) is 41.4 Å². The fourth-order valence-electron chi connectivity index (χ4n) is 2.15. The van der Waals surface area contributed by atoms with Crippen LogP contribution in [0.25, 0.3) is 17.0 Å². The van der Waals surface area contributed by atoms with E-state index in [1.165, 1.54) is 0 Å². The Morgan fingerprint density at radius 3 is 2.85 bits per heavy atom. The number of nitrogens with two attached hydrogens (primary N) is 1. The summed E-state index contributed by atoms with van der Waals surface area (Å²) in [5.41, 5.74) is 6.04. The highest BCUT2D eigenvalue weighted by Gasteiger charge is 2.10. The SMILES string of the molecule is CCCc1cc(NN)n2nc(-c3ccccn3)cc2n1. The second-order valence-corrected chi connectivity index (χ2v) is 4.54. The molecule has 0 spiro atoms. The van der Waals surface area contributed by atoms with Gasteiger partial charge in [0.25, 0.3) is 0 Å². The van der Waals surface area contributed by atoms with Gasteiger partial charge in [0.1, 0.15) is 11.5 Å². The number of nitrogens with one attached hydrogen (secondary N) is 1. The quantitative estimate of drug-likeness (QED) is 0.559. The van der Waals surface area contributed by atoms with E-state index in [2.05, 4.69) is 27.4 Å². The molecule has 0 atom stereocenters. The van der Waals surface area contributed by atoms with Crippen molar-refractivity contribution in [2.45, 2.75) is 19.8 Å². The number of aromatic nitrogens is 4. The lowest BCUT2D eigenvalue weighted by Gasteiger charge is -2.05. The van der Waals surface area contributed by atoms with Crippen LogP contribution in [0.4, 0.5) is 5.82 Å². The van der Waals surface area contributed by atoms with Crippen molar-refractivity contribution in [2.75, 3.05) is 5.43 Å².